The third-order valence-corrected chi connectivity index (χ3v) is 3.10. The van der Waals surface area contributed by atoms with Gasteiger partial charge < -0.3 is 9.30 Å². The fourth-order valence-corrected chi connectivity index (χ4v) is 2.04. The summed E-state index contributed by atoms with van der Waals surface area (Å²) in [6.07, 6.45) is 7.20. The van der Waals surface area contributed by atoms with Gasteiger partial charge in [0.05, 0.1) is 12.7 Å². The van der Waals surface area contributed by atoms with Crippen molar-refractivity contribution in [3.8, 4) is 0 Å². The van der Waals surface area contributed by atoms with Crippen LogP contribution in [0, 0.1) is 6.92 Å². The molecule has 0 bridgehead atoms. The lowest BCUT2D eigenvalue weighted by Crippen LogP contribution is -2.23. The molecule has 2 rings (SSSR count). The predicted molar refractivity (Wildman–Crippen MR) is 60.2 cm³/mol. The highest BCUT2D eigenvalue weighted by Gasteiger charge is 2.18. The molecule has 1 aromatic rings. The van der Waals surface area contributed by atoms with Gasteiger partial charge in [-0.05, 0) is 19.8 Å². The number of carbonyl (C=O) groups excluding carboxylic acids is 1. The molecule has 0 radical (unpaired) electrons. The van der Waals surface area contributed by atoms with Crippen molar-refractivity contribution in [3.63, 3.8) is 0 Å². The van der Waals surface area contributed by atoms with Crippen molar-refractivity contribution < 1.29 is 9.53 Å². The fraction of sp³-hybridized carbons (Fsp3) is 0.667. The van der Waals surface area contributed by atoms with Gasteiger partial charge in [0.25, 0.3) is 0 Å². The molecule has 4 nitrogen and oxygen atoms in total. The zero-order valence-corrected chi connectivity index (χ0v) is 9.69. The van der Waals surface area contributed by atoms with E-state index >= 15 is 0 Å². The second-order valence-electron chi connectivity index (χ2n) is 4.28. The first kappa shape index (κ1) is 11.3. The van der Waals surface area contributed by atoms with E-state index in [1.165, 1.54) is 0 Å². The van der Waals surface area contributed by atoms with Crippen molar-refractivity contribution in [2.75, 3.05) is 6.61 Å². The zero-order valence-electron chi connectivity index (χ0n) is 9.69. The van der Waals surface area contributed by atoms with Gasteiger partial charge in [-0.3, -0.25) is 4.79 Å². The molecule has 0 amide bonds. The SMILES string of the molecule is Cc1nccn1CCOC1CCC(=O)CC1. The molecule has 1 aliphatic rings. The van der Waals surface area contributed by atoms with Crippen LogP contribution in [-0.2, 0) is 16.1 Å². The number of carbonyl (C=O) groups is 1. The molecule has 0 unspecified atom stereocenters. The van der Waals surface area contributed by atoms with Gasteiger partial charge in [-0.1, -0.05) is 0 Å². The summed E-state index contributed by atoms with van der Waals surface area (Å²) >= 11 is 0. The first-order valence-corrected chi connectivity index (χ1v) is 5.87. The minimum Gasteiger partial charge on any atom is -0.376 e. The minimum atomic E-state index is 0.279. The highest BCUT2D eigenvalue weighted by molar-refractivity contribution is 5.79. The summed E-state index contributed by atoms with van der Waals surface area (Å²) in [7, 11) is 0. The van der Waals surface area contributed by atoms with E-state index in [4.69, 9.17) is 4.74 Å². The lowest BCUT2D eigenvalue weighted by atomic mass is 9.97. The van der Waals surface area contributed by atoms with Gasteiger partial charge in [0, 0.05) is 31.8 Å². The number of aromatic nitrogens is 2. The Morgan fingerprint density at radius 3 is 2.88 bits per heavy atom. The summed E-state index contributed by atoms with van der Waals surface area (Å²) in [5, 5.41) is 0. The van der Waals surface area contributed by atoms with Crippen molar-refractivity contribution in [3.05, 3.63) is 18.2 Å². The largest absolute Gasteiger partial charge is 0.376 e. The van der Waals surface area contributed by atoms with Crippen molar-refractivity contribution in [2.45, 2.75) is 45.3 Å². The molecule has 0 saturated heterocycles. The monoisotopic (exact) mass is 222 g/mol. The maximum Gasteiger partial charge on any atom is 0.133 e. The maximum atomic E-state index is 11.0. The average molecular weight is 222 g/mol. The fourth-order valence-electron chi connectivity index (χ4n) is 2.04. The number of Topliss-reactive ketones (excluding diaryl/α,β-unsaturated/α-hetero) is 1. The third kappa shape index (κ3) is 2.92. The van der Waals surface area contributed by atoms with E-state index in [-0.39, 0.29) is 6.10 Å². The molecule has 16 heavy (non-hydrogen) atoms. The van der Waals surface area contributed by atoms with E-state index in [1.807, 2.05) is 13.1 Å². The second-order valence-corrected chi connectivity index (χ2v) is 4.28. The molecule has 4 heteroatoms. The quantitative estimate of drug-likeness (QED) is 0.779. The van der Waals surface area contributed by atoms with Gasteiger partial charge in [0.1, 0.15) is 11.6 Å². The molecule has 0 N–H and O–H groups in total. The Balaban J connectivity index is 1.68. The first-order chi connectivity index (χ1) is 7.75. The van der Waals surface area contributed by atoms with E-state index in [0.29, 0.717) is 25.2 Å². The Bertz CT molecular complexity index is 350. The summed E-state index contributed by atoms with van der Waals surface area (Å²) < 4.78 is 7.84. The number of ketones is 1. The van der Waals surface area contributed by atoms with Gasteiger partial charge in [-0.25, -0.2) is 4.98 Å². The first-order valence-electron chi connectivity index (χ1n) is 5.87. The van der Waals surface area contributed by atoms with Crippen molar-refractivity contribution in [1.82, 2.24) is 9.55 Å². The third-order valence-electron chi connectivity index (χ3n) is 3.10. The molecule has 88 valence electrons. The van der Waals surface area contributed by atoms with Crippen molar-refractivity contribution in [1.29, 1.82) is 0 Å². The van der Waals surface area contributed by atoms with E-state index in [0.717, 1.165) is 25.2 Å². The van der Waals surface area contributed by atoms with Crippen LogP contribution in [0.15, 0.2) is 12.4 Å². The maximum absolute atomic E-state index is 11.0. The molecule has 0 spiro atoms. The molecular weight excluding hydrogens is 204 g/mol. The smallest absolute Gasteiger partial charge is 0.133 e. The van der Waals surface area contributed by atoms with Crippen LogP contribution >= 0.6 is 0 Å². The molecule has 1 heterocycles. The van der Waals surface area contributed by atoms with Crippen LogP contribution in [0.4, 0.5) is 0 Å². The Morgan fingerprint density at radius 1 is 1.50 bits per heavy atom. The number of hydrogen-bond donors (Lipinski definition) is 0. The van der Waals surface area contributed by atoms with Crippen LogP contribution in [0.3, 0.4) is 0 Å². The number of nitrogens with zero attached hydrogens (tertiary/aromatic N) is 2. The summed E-state index contributed by atoms with van der Waals surface area (Å²) in [5.74, 6) is 1.40. The lowest BCUT2D eigenvalue weighted by Gasteiger charge is -2.21. The van der Waals surface area contributed by atoms with E-state index < -0.39 is 0 Å². The molecule has 0 aromatic carbocycles. The van der Waals surface area contributed by atoms with Gasteiger partial charge in [0.15, 0.2) is 0 Å². The van der Waals surface area contributed by atoms with Crippen LogP contribution in [0.25, 0.3) is 0 Å². The van der Waals surface area contributed by atoms with Crippen molar-refractivity contribution >= 4 is 5.78 Å². The Morgan fingerprint density at radius 2 is 2.25 bits per heavy atom. The van der Waals surface area contributed by atoms with Crippen LogP contribution < -0.4 is 0 Å². The Hall–Kier alpha value is -1.16. The summed E-state index contributed by atoms with van der Waals surface area (Å²) in [6.45, 7) is 3.53. The van der Waals surface area contributed by atoms with E-state index in [2.05, 4.69) is 9.55 Å². The van der Waals surface area contributed by atoms with E-state index in [9.17, 15) is 4.79 Å². The van der Waals surface area contributed by atoms with Gasteiger partial charge in [-0.15, -0.1) is 0 Å². The summed E-state index contributed by atoms with van der Waals surface area (Å²) in [5.41, 5.74) is 0. The normalized spacial score (nSPS) is 17.9. The number of hydrogen-bond acceptors (Lipinski definition) is 3. The highest BCUT2D eigenvalue weighted by Crippen LogP contribution is 2.17. The molecular formula is C12H18N2O2. The zero-order chi connectivity index (χ0) is 11.4. The number of aryl methyl sites for hydroxylation is 1. The highest BCUT2D eigenvalue weighted by atomic mass is 16.5. The predicted octanol–water partition coefficient (Wildman–Crippen LogP) is 1.72. The second kappa shape index (κ2) is 5.25. The van der Waals surface area contributed by atoms with Gasteiger partial charge in [-0.2, -0.15) is 0 Å². The molecule has 1 saturated carbocycles. The Kier molecular flexibility index (Phi) is 3.72. The van der Waals surface area contributed by atoms with Gasteiger partial charge in [0.2, 0.25) is 0 Å². The molecule has 1 fully saturated rings. The minimum absolute atomic E-state index is 0.279. The van der Waals surface area contributed by atoms with Crippen LogP contribution in [0.2, 0.25) is 0 Å². The Labute approximate surface area is 95.6 Å². The lowest BCUT2D eigenvalue weighted by molar-refractivity contribution is -0.123. The molecule has 1 aromatic heterocycles. The van der Waals surface area contributed by atoms with Gasteiger partial charge >= 0.3 is 0 Å². The molecule has 0 aliphatic heterocycles. The number of imidazole rings is 1. The van der Waals surface area contributed by atoms with Crippen LogP contribution in [0.5, 0.6) is 0 Å². The summed E-state index contributed by atoms with van der Waals surface area (Å²) in [4.78, 5) is 15.2. The molecule has 0 atom stereocenters. The van der Waals surface area contributed by atoms with Crippen LogP contribution in [0.1, 0.15) is 31.5 Å². The standard InChI is InChI=1S/C12H18N2O2/c1-10-13-6-7-14(10)8-9-16-12-4-2-11(15)3-5-12/h6-7,12H,2-5,8-9H2,1H3. The number of ether oxygens (including phenoxy) is 1. The topological polar surface area (TPSA) is 44.1 Å². The average Bonchev–Trinajstić information content (AvgIpc) is 2.68. The van der Waals surface area contributed by atoms with E-state index in [1.54, 1.807) is 6.20 Å². The molecule has 1 aliphatic carbocycles. The summed E-state index contributed by atoms with van der Waals surface area (Å²) in [6, 6.07) is 0. The number of rotatable bonds is 4. The van der Waals surface area contributed by atoms with Crippen molar-refractivity contribution in [2.24, 2.45) is 0 Å². The van der Waals surface area contributed by atoms with Crippen LogP contribution in [-0.4, -0.2) is 28.0 Å².